The van der Waals surface area contributed by atoms with Crippen molar-refractivity contribution in [1.29, 1.82) is 0 Å². The van der Waals surface area contributed by atoms with Gasteiger partial charge in [0.05, 0.1) is 16.8 Å². The molecule has 2 atom stereocenters. The largest absolute Gasteiger partial charge is 0.351 e. The molecule has 2 unspecified atom stereocenters. The van der Waals surface area contributed by atoms with E-state index in [2.05, 4.69) is 16.6 Å². The lowest BCUT2D eigenvalue weighted by molar-refractivity contribution is -0.122. The number of fused-ring (bicyclic) bond motifs is 1. The number of hydrogen-bond acceptors (Lipinski definition) is 4. The van der Waals surface area contributed by atoms with Crippen molar-refractivity contribution in [2.45, 2.75) is 44.0 Å². The van der Waals surface area contributed by atoms with Gasteiger partial charge in [0, 0.05) is 6.04 Å². The van der Waals surface area contributed by atoms with Crippen molar-refractivity contribution in [2.24, 2.45) is 11.7 Å². The number of nitrogens with zero attached hydrogens (tertiary/aromatic N) is 2. The molecule has 5 nitrogen and oxygen atoms in total. The summed E-state index contributed by atoms with van der Waals surface area (Å²) in [5.74, 6) is 2.23. The first kappa shape index (κ1) is 23.1. The SMILES string of the molecule is CSCc1nc2ccccc2n1CC(=O)NC1CCCCC1CN.Cl.Cl. The fourth-order valence-electron chi connectivity index (χ4n) is 3.62. The standard InChI is InChI=1S/C18H26N4OS.2ClH/c1-24-12-17-20-15-8-4-5-9-16(15)22(17)11-18(23)21-14-7-3-2-6-13(14)10-19;;/h4-5,8-9,13-14H,2-3,6-7,10-12,19H2,1H3,(H,21,23);2*1H. The van der Waals surface area contributed by atoms with Gasteiger partial charge in [0.2, 0.25) is 5.91 Å². The number of imidazole rings is 1. The van der Waals surface area contributed by atoms with Crippen molar-refractivity contribution in [3.8, 4) is 0 Å². The van der Waals surface area contributed by atoms with Crippen LogP contribution in [0.4, 0.5) is 0 Å². The third-order valence-electron chi connectivity index (χ3n) is 4.87. The Morgan fingerprint density at radius 3 is 2.77 bits per heavy atom. The highest BCUT2D eigenvalue weighted by molar-refractivity contribution is 7.97. The quantitative estimate of drug-likeness (QED) is 0.753. The van der Waals surface area contributed by atoms with Gasteiger partial charge in [-0.15, -0.1) is 24.8 Å². The Labute approximate surface area is 171 Å². The molecule has 1 aliphatic rings. The molecule has 1 saturated carbocycles. The molecule has 0 radical (unpaired) electrons. The lowest BCUT2D eigenvalue weighted by Crippen LogP contribution is -2.45. The second-order valence-corrected chi connectivity index (χ2v) is 7.36. The Kier molecular flexibility index (Phi) is 9.79. The van der Waals surface area contributed by atoms with Crippen LogP contribution >= 0.6 is 36.6 Å². The molecule has 0 aliphatic heterocycles. The zero-order valence-electron chi connectivity index (χ0n) is 15.0. The zero-order valence-corrected chi connectivity index (χ0v) is 17.5. The third-order valence-corrected chi connectivity index (χ3v) is 5.41. The third kappa shape index (κ3) is 5.28. The van der Waals surface area contributed by atoms with Gasteiger partial charge < -0.3 is 15.6 Å². The molecule has 3 N–H and O–H groups in total. The van der Waals surface area contributed by atoms with Crippen LogP contribution < -0.4 is 11.1 Å². The Morgan fingerprint density at radius 1 is 1.31 bits per heavy atom. The molecule has 0 spiro atoms. The first-order valence-electron chi connectivity index (χ1n) is 8.65. The van der Waals surface area contributed by atoms with Crippen molar-refractivity contribution in [1.82, 2.24) is 14.9 Å². The lowest BCUT2D eigenvalue weighted by atomic mass is 9.84. The zero-order chi connectivity index (χ0) is 16.9. The van der Waals surface area contributed by atoms with E-state index < -0.39 is 0 Å². The minimum absolute atomic E-state index is 0. The van der Waals surface area contributed by atoms with E-state index in [1.54, 1.807) is 11.8 Å². The van der Waals surface area contributed by atoms with Crippen molar-refractivity contribution in [3.05, 3.63) is 30.1 Å². The number of nitrogens with one attached hydrogen (secondary N) is 1. The Hall–Kier alpha value is -0.950. The van der Waals surface area contributed by atoms with E-state index in [1.165, 1.54) is 12.8 Å². The highest BCUT2D eigenvalue weighted by Crippen LogP contribution is 2.24. The summed E-state index contributed by atoms with van der Waals surface area (Å²) in [6.07, 6.45) is 6.60. The minimum atomic E-state index is 0. The molecular formula is C18H28Cl2N4OS. The van der Waals surface area contributed by atoms with Crippen LogP contribution in [-0.2, 0) is 17.1 Å². The van der Waals surface area contributed by atoms with Crippen molar-refractivity contribution in [3.63, 3.8) is 0 Å². The molecule has 2 aromatic rings. The summed E-state index contributed by atoms with van der Waals surface area (Å²) < 4.78 is 2.04. The van der Waals surface area contributed by atoms with Crippen molar-refractivity contribution >= 4 is 53.5 Å². The van der Waals surface area contributed by atoms with Crippen LogP contribution in [0.3, 0.4) is 0 Å². The average molecular weight is 419 g/mol. The monoisotopic (exact) mass is 418 g/mol. The number of benzene rings is 1. The summed E-state index contributed by atoms with van der Waals surface area (Å²) >= 11 is 1.72. The van der Waals surface area contributed by atoms with Gasteiger partial charge in [-0.2, -0.15) is 11.8 Å². The van der Waals surface area contributed by atoms with Gasteiger partial charge in [0.1, 0.15) is 12.4 Å². The molecule has 1 aliphatic carbocycles. The Morgan fingerprint density at radius 2 is 2.04 bits per heavy atom. The maximum atomic E-state index is 12.6. The van der Waals surface area contributed by atoms with E-state index in [-0.39, 0.29) is 36.8 Å². The highest BCUT2D eigenvalue weighted by Gasteiger charge is 2.25. The highest BCUT2D eigenvalue weighted by atomic mass is 35.5. The summed E-state index contributed by atoms with van der Waals surface area (Å²) in [7, 11) is 0. The smallest absolute Gasteiger partial charge is 0.240 e. The molecular weight excluding hydrogens is 391 g/mol. The molecule has 1 amide bonds. The number of thioether (sulfide) groups is 1. The fraction of sp³-hybridized carbons (Fsp3) is 0.556. The van der Waals surface area contributed by atoms with E-state index in [1.807, 2.05) is 28.8 Å². The number of nitrogens with two attached hydrogens (primary N) is 1. The van der Waals surface area contributed by atoms with Gasteiger partial charge in [-0.3, -0.25) is 4.79 Å². The summed E-state index contributed by atoms with van der Waals surface area (Å²) in [5, 5.41) is 3.22. The molecule has 3 rings (SSSR count). The van der Waals surface area contributed by atoms with Crippen LogP contribution in [0, 0.1) is 5.92 Å². The van der Waals surface area contributed by atoms with Crippen LogP contribution in [0.2, 0.25) is 0 Å². The average Bonchev–Trinajstić information content (AvgIpc) is 2.93. The van der Waals surface area contributed by atoms with Gasteiger partial charge in [-0.25, -0.2) is 4.98 Å². The summed E-state index contributed by atoms with van der Waals surface area (Å²) in [5.41, 5.74) is 7.85. The predicted octanol–water partition coefficient (Wildman–Crippen LogP) is 3.38. The first-order valence-corrected chi connectivity index (χ1v) is 10.0. The normalized spacial score (nSPS) is 19.5. The Bertz CT molecular complexity index is 710. The molecule has 1 fully saturated rings. The number of rotatable bonds is 6. The lowest BCUT2D eigenvalue weighted by Gasteiger charge is -2.31. The first-order chi connectivity index (χ1) is 11.7. The molecule has 1 aromatic heterocycles. The van der Waals surface area contributed by atoms with Crippen molar-refractivity contribution < 1.29 is 4.79 Å². The fourth-order valence-corrected chi connectivity index (χ4v) is 4.10. The van der Waals surface area contributed by atoms with Crippen LogP contribution in [0.15, 0.2) is 24.3 Å². The maximum Gasteiger partial charge on any atom is 0.240 e. The number of para-hydroxylation sites is 2. The predicted molar refractivity (Wildman–Crippen MR) is 114 cm³/mol. The molecule has 26 heavy (non-hydrogen) atoms. The van der Waals surface area contributed by atoms with Crippen LogP contribution in [-0.4, -0.2) is 34.3 Å². The van der Waals surface area contributed by atoms with Gasteiger partial charge in [0.25, 0.3) is 0 Å². The van der Waals surface area contributed by atoms with Crippen molar-refractivity contribution in [2.75, 3.05) is 12.8 Å². The summed E-state index contributed by atoms with van der Waals surface area (Å²) in [6.45, 7) is 0.973. The maximum absolute atomic E-state index is 12.6. The van der Waals surface area contributed by atoms with Gasteiger partial charge in [-0.1, -0.05) is 25.0 Å². The summed E-state index contributed by atoms with van der Waals surface area (Å²) in [6, 6.07) is 8.22. The molecule has 0 saturated heterocycles. The number of amides is 1. The van der Waals surface area contributed by atoms with Crippen LogP contribution in [0.1, 0.15) is 31.5 Å². The molecule has 8 heteroatoms. The second-order valence-electron chi connectivity index (χ2n) is 6.49. The number of halogens is 2. The van der Waals surface area contributed by atoms with Crippen LogP contribution in [0.5, 0.6) is 0 Å². The van der Waals surface area contributed by atoms with E-state index >= 15 is 0 Å². The van der Waals surface area contributed by atoms with E-state index in [0.717, 1.165) is 35.5 Å². The number of hydrogen-bond donors (Lipinski definition) is 2. The number of carbonyl (C=O) groups is 1. The molecule has 0 bridgehead atoms. The summed E-state index contributed by atoms with van der Waals surface area (Å²) in [4.78, 5) is 17.3. The second kappa shape index (κ2) is 11.0. The van der Waals surface area contributed by atoms with E-state index in [9.17, 15) is 4.79 Å². The topological polar surface area (TPSA) is 72.9 Å². The van der Waals surface area contributed by atoms with E-state index in [0.29, 0.717) is 19.0 Å². The van der Waals surface area contributed by atoms with Gasteiger partial charge >= 0.3 is 0 Å². The van der Waals surface area contributed by atoms with E-state index in [4.69, 9.17) is 5.73 Å². The molecule has 1 heterocycles. The number of aromatic nitrogens is 2. The molecule has 146 valence electrons. The van der Waals surface area contributed by atoms with Crippen LogP contribution in [0.25, 0.3) is 11.0 Å². The van der Waals surface area contributed by atoms with Gasteiger partial charge in [0.15, 0.2) is 0 Å². The van der Waals surface area contributed by atoms with Gasteiger partial charge in [-0.05, 0) is 43.7 Å². The minimum Gasteiger partial charge on any atom is -0.351 e. The Balaban J connectivity index is 0.00000169. The molecule has 1 aromatic carbocycles. The number of carbonyl (C=O) groups excluding carboxylic acids is 1.